The maximum atomic E-state index is 12.3. The van der Waals surface area contributed by atoms with E-state index in [2.05, 4.69) is 35.2 Å². The first-order valence-electron chi connectivity index (χ1n) is 7.75. The smallest absolute Gasteiger partial charge is 0.299 e. The van der Waals surface area contributed by atoms with Gasteiger partial charge in [0.2, 0.25) is 0 Å². The molecule has 1 saturated carbocycles. The predicted molar refractivity (Wildman–Crippen MR) is 81.3 cm³/mol. The van der Waals surface area contributed by atoms with Gasteiger partial charge < -0.3 is 9.47 Å². The number of rotatable bonds is 2. The summed E-state index contributed by atoms with van der Waals surface area (Å²) in [6.45, 7) is 9.14. The lowest BCUT2D eigenvalue weighted by Gasteiger charge is -2.52. The molecule has 4 heteroatoms. The molecule has 0 aromatic carbocycles. The minimum atomic E-state index is -0.0710. The number of aromatic nitrogens is 2. The van der Waals surface area contributed by atoms with Gasteiger partial charge in [0.25, 0.3) is 5.91 Å². The number of likely N-dealkylation sites (tertiary alicyclic amines) is 1. The number of imidazole rings is 1. The molecule has 1 aliphatic heterocycles. The molecule has 1 saturated heterocycles. The summed E-state index contributed by atoms with van der Waals surface area (Å²) in [4.78, 5) is 18.8. The molecule has 2 heterocycles. The normalized spacial score (nSPS) is 23.5. The lowest BCUT2D eigenvalue weighted by atomic mass is 9.74. The van der Waals surface area contributed by atoms with Gasteiger partial charge in [-0.3, -0.25) is 4.79 Å². The van der Waals surface area contributed by atoms with Crippen molar-refractivity contribution in [2.45, 2.75) is 52.6 Å². The van der Waals surface area contributed by atoms with Crippen LogP contribution in [0.1, 0.15) is 58.4 Å². The van der Waals surface area contributed by atoms with Crippen LogP contribution in [0.15, 0.2) is 12.4 Å². The number of hydrogen-bond donors (Lipinski definition) is 0. The standard InChI is InChI=1S/C17H23N3O/c1-12(2)5-8-14(21)20-11-17(3,4)15(20)16-18-9-10-19(16)13-6-7-13/h9-10,12-13,15H,6-7,11H2,1-4H3. The van der Waals surface area contributed by atoms with Gasteiger partial charge in [-0.25, -0.2) is 4.98 Å². The second-order valence-electron chi connectivity index (χ2n) is 7.17. The Hall–Kier alpha value is -1.76. The monoisotopic (exact) mass is 285 g/mol. The Morgan fingerprint density at radius 1 is 1.43 bits per heavy atom. The molecule has 1 atom stereocenters. The quantitative estimate of drug-likeness (QED) is 0.784. The third-order valence-electron chi connectivity index (χ3n) is 4.24. The van der Waals surface area contributed by atoms with Crippen molar-refractivity contribution >= 4 is 5.91 Å². The van der Waals surface area contributed by atoms with E-state index in [1.807, 2.05) is 31.1 Å². The number of nitrogens with zero attached hydrogens (tertiary/aromatic N) is 3. The van der Waals surface area contributed by atoms with Gasteiger partial charge in [0.1, 0.15) is 5.82 Å². The zero-order valence-corrected chi connectivity index (χ0v) is 13.3. The van der Waals surface area contributed by atoms with Crippen LogP contribution in [-0.2, 0) is 4.79 Å². The highest BCUT2D eigenvalue weighted by Crippen LogP contribution is 2.49. The summed E-state index contributed by atoms with van der Waals surface area (Å²) in [7, 11) is 0. The average molecular weight is 285 g/mol. The molecule has 1 aromatic rings. The Balaban J connectivity index is 1.85. The first kappa shape index (κ1) is 14.2. The topological polar surface area (TPSA) is 38.1 Å². The molecule has 0 bridgehead atoms. The first-order chi connectivity index (χ1) is 9.90. The van der Waals surface area contributed by atoms with Gasteiger partial charge in [0, 0.05) is 36.3 Å². The van der Waals surface area contributed by atoms with E-state index in [1.165, 1.54) is 12.8 Å². The molecule has 112 valence electrons. The van der Waals surface area contributed by atoms with E-state index in [4.69, 9.17) is 0 Å². The van der Waals surface area contributed by atoms with Crippen LogP contribution in [0, 0.1) is 23.2 Å². The van der Waals surface area contributed by atoms with Crippen LogP contribution in [0.5, 0.6) is 0 Å². The fourth-order valence-corrected chi connectivity index (χ4v) is 3.08. The van der Waals surface area contributed by atoms with Crippen molar-refractivity contribution in [3.05, 3.63) is 18.2 Å². The van der Waals surface area contributed by atoms with Crippen LogP contribution in [0.25, 0.3) is 0 Å². The Morgan fingerprint density at radius 2 is 2.14 bits per heavy atom. The molecular formula is C17H23N3O. The molecule has 0 radical (unpaired) electrons. The van der Waals surface area contributed by atoms with E-state index in [9.17, 15) is 4.79 Å². The van der Waals surface area contributed by atoms with Gasteiger partial charge in [-0.15, -0.1) is 0 Å². The van der Waals surface area contributed by atoms with Gasteiger partial charge in [0.05, 0.1) is 6.04 Å². The Bertz CT molecular complexity index is 613. The number of hydrogen-bond acceptors (Lipinski definition) is 2. The highest BCUT2D eigenvalue weighted by atomic mass is 16.2. The fraction of sp³-hybridized carbons (Fsp3) is 0.647. The molecule has 3 rings (SSSR count). The summed E-state index contributed by atoms with van der Waals surface area (Å²) >= 11 is 0. The number of carbonyl (C=O) groups excluding carboxylic acids is 1. The van der Waals surface area contributed by atoms with E-state index in [0.29, 0.717) is 6.04 Å². The van der Waals surface area contributed by atoms with Crippen molar-refractivity contribution in [3.63, 3.8) is 0 Å². The molecule has 1 aliphatic carbocycles. The largest absolute Gasteiger partial charge is 0.330 e. The van der Waals surface area contributed by atoms with Crippen LogP contribution in [0.4, 0.5) is 0 Å². The molecule has 1 amide bonds. The molecule has 0 spiro atoms. The van der Waals surface area contributed by atoms with Crippen molar-refractivity contribution in [2.75, 3.05) is 6.54 Å². The maximum Gasteiger partial charge on any atom is 0.299 e. The summed E-state index contributed by atoms with van der Waals surface area (Å²) in [5, 5.41) is 0. The summed E-state index contributed by atoms with van der Waals surface area (Å²) in [5.74, 6) is 6.92. The molecule has 0 N–H and O–H groups in total. The third kappa shape index (κ3) is 2.57. The van der Waals surface area contributed by atoms with Crippen molar-refractivity contribution < 1.29 is 4.79 Å². The lowest BCUT2D eigenvalue weighted by molar-refractivity contribution is -0.146. The van der Waals surface area contributed by atoms with Crippen LogP contribution >= 0.6 is 0 Å². The molecule has 2 aliphatic rings. The highest BCUT2D eigenvalue weighted by Gasteiger charge is 2.51. The minimum Gasteiger partial charge on any atom is -0.330 e. The van der Waals surface area contributed by atoms with Crippen molar-refractivity contribution in [1.82, 2.24) is 14.5 Å². The van der Waals surface area contributed by atoms with Gasteiger partial charge >= 0.3 is 0 Å². The summed E-state index contributed by atoms with van der Waals surface area (Å²) in [6.07, 6.45) is 6.34. The van der Waals surface area contributed by atoms with Crippen LogP contribution in [0.2, 0.25) is 0 Å². The molecular weight excluding hydrogens is 262 g/mol. The van der Waals surface area contributed by atoms with E-state index < -0.39 is 0 Å². The van der Waals surface area contributed by atoms with Crippen LogP contribution in [-0.4, -0.2) is 26.9 Å². The lowest BCUT2D eigenvalue weighted by Crippen LogP contribution is -2.58. The molecule has 21 heavy (non-hydrogen) atoms. The first-order valence-corrected chi connectivity index (χ1v) is 7.75. The zero-order valence-electron chi connectivity index (χ0n) is 13.3. The SMILES string of the molecule is CC(C)C#CC(=O)N1CC(C)(C)C1c1nccn1C1CC1. The molecule has 1 aromatic heterocycles. The fourth-order valence-electron chi connectivity index (χ4n) is 3.08. The van der Waals surface area contributed by atoms with E-state index in [0.717, 1.165) is 12.4 Å². The molecule has 1 unspecified atom stereocenters. The van der Waals surface area contributed by atoms with Gasteiger partial charge in [-0.1, -0.05) is 33.6 Å². The van der Waals surface area contributed by atoms with E-state index in [-0.39, 0.29) is 23.3 Å². The molecule has 4 nitrogen and oxygen atoms in total. The maximum absolute atomic E-state index is 12.3. The van der Waals surface area contributed by atoms with E-state index >= 15 is 0 Å². The summed E-state index contributed by atoms with van der Waals surface area (Å²) < 4.78 is 2.25. The van der Waals surface area contributed by atoms with Crippen molar-refractivity contribution in [3.8, 4) is 11.8 Å². The number of amides is 1. The van der Waals surface area contributed by atoms with Crippen LogP contribution < -0.4 is 0 Å². The Labute approximate surface area is 126 Å². The number of carbonyl (C=O) groups is 1. The van der Waals surface area contributed by atoms with Gasteiger partial charge in [-0.2, -0.15) is 0 Å². The minimum absolute atomic E-state index is 0.0436. The second-order valence-corrected chi connectivity index (χ2v) is 7.17. The Morgan fingerprint density at radius 3 is 2.71 bits per heavy atom. The van der Waals surface area contributed by atoms with Crippen molar-refractivity contribution in [1.29, 1.82) is 0 Å². The third-order valence-corrected chi connectivity index (χ3v) is 4.24. The van der Waals surface area contributed by atoms with Crippen LogP contribution in [0.3, 0.4) is 0 Å². The summed E-state index contributed by atoms with van der Waals surface area (Å²) in [5.41, 5.74) is 0.0627. The van der Waals surface area contributed by atoms with Gasteiger partial charge in [-0.05, 0) is 18.8 Å². The van der Waals surface area contributed by atoms with Gasteiger partial charge in [0.15, 0.2) is 0 Å². The Kier molecular flexibility index (Phi) is 3.32. The zero-order chi connectivity index (χ0) is 15.2. The average Bonchev–Trinajstić information content (AvgIpc) is 3.14. The summed E-state index contributed by atoms with van der Waals surface area (Å²) in [6, 6.07) is 0.625. The van der Waals surface area contributed by atoms with Crippen molar-refractivity contribution in [2.24, 2.45) is 11.3 Å². The second kappa shape index (κ2) is 4.91. The predicted octanol–water partition coefficient (Wildman–Crippen LogP) is 2.79. The van der Waals surface area contributed by atoms with E-state index in [1.54, 1.807) is 0 Å². The highest BCUT2D eigenvalue weighted by molar-refractivity contribution is 5.94. The molecule has 2 fully saturated rings.